The smallest absolute Gasteiger partial charge is 0.347 e. The first kappa shape index (κ1) is 21.4. The van der Waals surface area contributed by atoms with Gasteiger partial charge < -0.3 is 18.6 Å². The van der Waals surface area contributed by atoms with Gasteiger partial charge in [-0.2, -0.15) is 0 Å². The van der Waals surface area contributed by atoms with Crippen molar-refractivity contribution in [2.24, 2.45) is 13.0 Å². The minimum atomic E-state index is -0.627. The molecule has 176 valence electrons. The van der Waals surface area contributed by atoms with E-state index < -0.39 is 11.9 Å². The normalized spacial score (nSPS) is 17.8. The number of ether oxygens (including phenoxy) is 2. The summed E-state index contributed by atoms with van der Waals surface area (Å²) in [4.78, 5) is 37.8. The number of hydrogen-bond donors (Lipinski definition) is 0. The maximum absolute atomic E-state index is 13.2. The van der Waals surface area contributed by atoms with Crippen LogP contribution in [0.5, 0.6) is 0 Å². The van der Waals surface area contributed by atoms with Crippen LogP contribution < -0.4 is 0 Å². The molecule has 2 aromatic heterocycles. The largest absolute Gasteiger partial charge is 0.466 e. The topological polar surface area (TPSA) is 79.5 Å². The summed E-state index contributed by atoms with van der Waals surface area (Å²) in [6.45, 7) is 2.48. The van der Waals surface area contributed by atoms with E-state index in [1.165, 1.54) is 6.92 Å². The van der Waals surface area contributed by atoms with Crippen molar-refractivity contribution in [1.29, 1.82) is 0 Å². The molecule has 4 aromatic rings. The molecule has 35 heavy (non-hydrogen) atoms. The van der Waals surface area contributed by atoms with Gasteiger partial charge in [0.15, 0.2) is 0 Å². The Kier molecular flexibility index (Phi) is 4.88. The van der Waals surface area contributed by atoms with E-state index in [4.69, 9.17) is 9.47 Å². The minimum absolute atomic E-state index is 0.129. The van der Waals surface area contributed by atoms with Gasteiger partial charge in [-0.05, 0) is 25.0 Å². The lowest BCUT2D eigenvalue weighted by Crippen LogP contribution is -2.24. The Hall–Kier alpha value is -4.13. The number of carbonyl (C=O) groups is 3. The molecule has 6 rings (SSSR count). The van der Waals surface area contributed by atoms with Crippen molar-refractivity contribution in [1.82, 2.24) is 9.13 Å². The maximum Gasteiger partial charge on any atom is 0.347 e. The predicted molar refractivity (Wildman–Crippen MR) is 131 cm³/mol. The van der Waals surface area contributed by atoms with E-state index in [-0.39, 0.29) is 11.9 Å². The van der Waals surface area contributed by atoms with Crippen molar-refractivity contribution in [3.63, 3.8) is 0 Å². The SMILES string of the molecule is CC(=O)OC[C@H]1CCn2c(c(C3=C(c4cn(C)c5ccccc45)C(=O)OC3=O)c3ccccc32)C1. The fourth-order valence-corrected chi connectivity index (χ4v) is 5.57. The summed E-state index contributed by atoms with van der Waals surface area (Å²) in [5.41, 5.74) is 4.98. The lowest BCUT2D eigenvalue weighted by molar-refractivity contribution is -0.149. The fourth-order valence-electron chi connectivity index (χ4n) is 5.57. The first-order valence-electron chi connectivity index (χ1n) is 11.7. The van der Waals surface area contributed by atoms with Crippen molar-refractivity contribution in [2.75, 3.05) is 6.61 Å². The number of nitrogens with zero attached hydrogens (tertiary/aromatic N) is 2. The molecule has 7 nitrogen and oxygen atoms in total. The highest BCUT2D eigenvalue weighted by Crippen LogP contribution is 2.44. The van der Waals surface area contributed by atoms with E-state index in [9.17, 15) is 14.4 Å². The molecule has 0 amide bonds. The molecule has 0 radical (unpaired) electrons. The van der Waals surface area contributed by atoms with Crippen molar-refractivity contribution in [3.05, 3.63) is 71.5 Å². The number of aryl methyl sites for hydroxylation is 2. The highest BCUT2D eigenvalue weighted by atomic mass is 16.6. The highest BCUT2D eigenvalue weighted by Gasteiger charge is 2.40. The number of aromatic nitrogens is 2. The number of carbonyl (C=O) groups excluding carboxylic acids is 3. The van der Waals surface area contributed by atoms with Gasteiger partial charge in [-0.25, -0.2) is 9.59 Å². The van der Waals surface area contributed by atoms with Crippen LogP contribution >= 0.6 is 0 Å². The van der Waals surface area contributed by atoms with Crippen LogP contribution in [0.3, 0.4) is 0 Å². The monoisotopic (exact) mass is 468 g/mol. The highest BCUT2D eigenvalue weighted by molar-refractivity contribution is 6.47. The molecule has 2 aliphatic heterocycles. The summed E-state index contributed by atoms with van der Waals surface area (Å²) in [5, 5.41) is 1.80. The zero-order valence-corrected chi connectivity index (χ0v) is 19.5. The second-order valence-electron chi connectivity index (χ2n) is 9.25. The molecule has 0 bridgehead atoms. The molecule has 0 aliphatic carbocycles. The van der Waals surface area contributed by atoms with Gasteiger partial charge in [0, 0.05) is 71.3 Å². The molecule has 1 atom stereocenters. The molecule has 0 N–H and O–H groups in total. The fraction of sp³-hybridized carbons (Fsp3) is 0.250. The molecule has 4 heterocycles. The summed E-state index contributed by atoms with van der Waals surface area (Å²) < 4.78 is 14.7. The quantitative estimate of drug-likeness (QED) is 0.330. The first-order valence-corrected chi connectivity index (χ1v) is 11.7. The third-order valence-electron chi connectivity index (χ3n) is 7.10. The summed E-state index contributed by atoms with van der Waals surface area (Å²) in [7, 11) is 1.92. The molecule has 2 aromatic carbocycles. The van der Waals surface area contributed by atoms with Gasteiger partial charge in [0.2, 0.25) is 0 Å². The van der Waals surface area contributed by atoms with Crippen molar-refractivity contribution >= 4 is 50.9 Å². The molecule has 2 aliphatic rings. The number of rotatable bonds is 4. The third-order valence-corrected chi connectivity index (χ3v) is 7.10. The summed E-state index contributed by atoms with van der Waals surface area (Å²) in [6, 6.07) is 15.7. The molecule has 0 saturated heterocycles. The van der Waals surface area contributed by atoms with Crippen LogP contribution in [0.25, 0.3) is 33.0 Å². The summed E-state index contributed by atoms with van der Waals surface area (Å²) in [6.07, 6.45) is 3.37. The molecular weight excluding hydrogens is 444 g/mol. The van der Waals surface area contributed by atoms with Crippen LogP contribution in [0.4, 0.5) is 0 Å². The van der Waals surface area contributed by atoms with Crippen LogP contribution in [-0.4, -0.2) is 33.6 Å². The van der Waals surface area contributed by atoms with E-state index in [0.717, 1.165) is 46.0 Å². The Labute approximate surface area is 201 Å². The lowest BCUT2D eigenvalue weighted by atomic mass is 9.89. The van der Waals surface area contributed by atoms with Crippen LogP contribution in [0, 0.1) is 5.92 Å². The Morgan fingerprint density at radius 1 is 1.00 bits per heavy atom. The number of cyclic esters (lactones) is 2. The van der Waals surface area contributed by atoms with Gasteiger partial charge in [0.1, 0.15) is 0 Å². The van der Waals surface area contributed by atoms with Crippen LogP contribution in [0.2, 0.25) is 0 Å². The third kappa shape index (κ3) is 3.30. The number of para-hydroxylation sites is 2. The molecule has 7 heteroatoms. The first-order chi connectivity index (χ1) is 16.9. The van der Waals surface area contributed by atoms with Gasteiger partial charge >= 0.3 is 17.9 Å². The Balaban J connectivity index is 1.61. The lowest BCUT2D eigenvalue weighted by Gasteiger charge is -2.25. The average Bonchev–Trinajstić information content (AvgIpc) is 3.45. The molecule has 0 unspecified atom stereocenters. The van der Waals surface area contributed by atoms with Crippen molar-refractivity contribution < 1.29 is 23.9 Å². The zero-order valence-electron chi connectivity index (χ0n) is 19.5. The van der Waals surface area contributed by atoms with E-state index in [1.54, 1.807) is 0 Å². The van der Waals surface area contributed by atoms with E-state index in [2.05, 4.69) is 4.57 Å². The van der Waals surface area contributed by atoms with Gasteiger partial charge in [-0.1, -0.05) is 36.4 Å². The van der Waals surface area contributed by atoms with Gasteiger partial charge in [0.05, 0.1) is 17.8 Å². The van der Waals surface area contributed by atoms with Crippen molar-refractivity contribution in [3.8, 4) is 0 Å². The summed E-state index contributed by atoms with van der Waals surface area (Å²) >= 11 is 0. The molecule has 0 saturated carbocycles. The molecular formula is C28H24N2O5. The Bertz CT molecular complexity index is 1590. The van der Waals surface area contributed by atoms with Gasteiger partial charge in [-0.15, -0.1) is 0 Å². The van der Waals surface area contributed by atoms with Gasteiger partial charge in [0.25, 0.3) is 0 Å². The van der Waals surface area contributed by atoms with E-state index >= 15 is 0 Å². The van der Waals surface area contributed by atoms with E-state index in [1.807, 2.05) is 66.3 Å². The average molecular weight is 469 g/mol. The van der Waals surface area contributed by atoms with Crippen LogP contribution in [0.15, 0.2) is 54.7 Å². The predicted octanol–water partition coefficient (Wildman–Crippen LogP) is 4.25. The minimum Gasteiger partial charge on any atom is -0.466 e. The van der Waals surface area contributed by atoms with Crippen LogP contribution in [0.1, 0.15) is 30.2 Å². The zero-order chi connectivity index (χ0) is 24.3. The van der Waals surface area contributed by atoms with Crippen LogP contribution in [-0.2, 0) is 43.9 Å². The number of esters is 3. The molecule has 0 spiro atoms. The second-order valence-corrected chi connectivity index (χ2v) is 9.25. The Morgan fingerprint density at radius 3 is 2.46 bits per heavy atom. The number of hydrogen-bond acceptors (Lipinski definition) is 5. The standard InChI is InChI=1S/C28H24N2O5/c1-16(31)34-15-17-11-12-30-22-10-6-4-8-19(22)24(23(30)13-17)26-25(27(32)35-28(26)33)20-14-29(2)21-9-5-3-7-18(20)21/h3-10,14,17H,11-13,15H2,1-2H3/t17-/m0/s1. The van der Waals surface area contributed by atoms with Crippen molar-refractivity contribution in [2.45, 2.75) is 26.3 Å². The maximum atomic E-state index is 13.2. The second kappa shape index (κ2) is 7.98. The Morgan fingerprint density at radius 2 is 1.69 bits per heavy atom. The number of fused-ring (bicyclic) bond motifs is 4. The molecule has 0 fully saturated rings. The van der Waals surface area contributed by atoms with E-state index in [0.29, 0.717) is 29.7 Å². The van der Waals surface area contributed by atoms with Gasteiger partial charge in [-0.3, -0.25) is 4.79 Å². The summed E-state index contributed by atoms with van der Waals surface area (Å²) in [5.74, 6) is -1.43. The number of benzene rings is 2.